The minimum atomic E-state index is -0.209. The van der Waals surface area contributed by atoms with Crippen LogP contribution in [0.3, 0.4) is 0 Å². The van der Waals surface area contributed by atoms with E-state index in [-0.39, 0.29) is 23.8 Å². The number of nitrogens with zero attached hydrogens (tertiary/aromatic N) is 2. The highest BCUT2D eigenvalue weighted by atomic mass is 16.5. The number of ether oxygens (including phenoxy) is 1. The number of methoxy groups -OCH3 is 1. The van der Waals surface area contributed by atoms with E-state index in [1.54, 1.807) is 31.4 Å². The van der Waals surface area contributed by atoms with Crippen LogP contribution in [0.5, 0.6) is 0 Å². The van der Waals surface area contributed by atoms with Gasteiger partial charge in [0, 0.05) is 33.2 Å². The molecule has 0 spiro atoms. The maximum absolute atomic E-state index is 12.2. The molecule has 0 aromatic heterocycles. The van der Waals surface area contributed by atoms with E-state index < -0.39 is 0 Å². The van der Waals surface area contributed by atoms with E-state index >= 15 is 0 Å². The molecule has 1 fully saturated rings. The van der Waals surface area contributed by atoms with Gasteiger partial charge in [-0.05, 0) is 31.4 Å². The first-order valence-electron chi connectivity index (χ1n) is 8.87. The van der Waals surface area contributed by atoms with Gasteiger partial charge in [0.2, 0.25) is 5.91 Å². The molecular formula is C19H24N2O4. The number of carbonyl (C=O) groups is 3. The molecule has 1 unspecified atom stereocenters. The van der Waals surface area contributed by atoms with Crippen LogP contribution in [0.15, 0.2) is 24.3 Å². The molecule has 0 radical (unpaired) electrons. The van der Waals surface area contributed by atoms with Gasteiger partial charge >= 0.3 is 0 Å². The molecule has 3 rings (SSSR count). The van der Waals surface area contributed by atoms with Crippen molar-refractivity contribution in [1.29, 1.82) is 0 Å². The van der Waals surface area contributed by atoms with E-state index in [4.69, 9.17) is 4.74 Å². The smallest absolute Gasteiger partial charge is 0.261 e. The molecule has 1 atom stereocenters. The number of unbranched alkanes of at least 4 members (excludes halogenated alkanes) is 2. The summed E-state index contributed by atoms with van der Waals surface area (Å²) in [4.78, 5) is 39.8. The second-order valence-electron chi connectivity index (χ2n) is 6.60. The fraction of sp³-hybridized carbons (Fsp3) is 0.526. The predicted molar refractivity (Wildman–Crippen MR) is 92.3 cm³/mol. The van der Waals surface area contributed by atoms with Crippen LogP contribution in [0.2, 0.25) is 0 Å². The first kappa shape index (κ1) is 17.6. The summed E-state index contributed by atoms with van der Waals surface area (Å²) in [6.45, 7) is 1.87. The molecule has 1 saturated heterocycles. The fourth-order valence-corrected chi connectivity index (χ4v) is 3.47. The Labute approximate surface area is 147 Å². The van der Waals surface area contributed by atoms with Gasteiger partial charge in [-0.25, -0.2) is 0 Å². The zero-order valence-corrected chi connectivity index (χ0v) is 14.6. The number of likely N-dealkylation sites (tertiary alicyclic amines) is 1. The third-order valence-corrected chi connectivity index (χ3v) is 4.98. The lowest BCUT2D eigenvalue weighted by atomic mass is 10.1. The highest BCUT2D eigenvalue weighted by Crippen LogP contribution is 2.23. The molecule has 6 nitrogen and oxygen atoms in total. The quantitative estimate of drug-likeness (QED) is 0.561. The van der Waals surface area contributed by atoms with Crippen molar-refractivity contribution >= 4 is 17.7 Å². The number of carbonyl (C=O) groups excluding carboxylic acids is 3. The number of benzene rings is 1. The summed E-state index contributed by atoms with van der Waals surface area (Å²) in [5.41, 5.74) is 0.980. The van der Waals surface area contributed by atoms with Crippen molar-refractivity contribution in [3.05, 3.63) is 35.4 Å². The van der Waals surface area contributed by atoms with Crippen LogP contribution < -0.4 is 0 Å². The molecule has 0 N–H and O–H groups in total. The monoisotopic (exact) mass is 344 g/mol. The summed E-state index contributed by atoms with van der Waals surface area (Å²) in [5.74, 6) is -0.251. The predicted octanol–water partition coefficient (Wildman–Crippen LogP) is 2.09. The normalized spacial score (nSPS) is 19.6. The molecular weight excluding hydrogens is 320 g/mol. The summed E-state index contributed by atoms with van der Waals surface area (Å²) in [5, 5.41) is 0. The number of fused-ring (bicyclic) bond motifs is 1. The Bertz CT molecular complexity index is 638. The van der Waals surface area contributed by atoms with Gasteiger partial charge < -0.3 is 9.64 Å². The van der Waals surface area contributed by atoms with Crippen LogP contribution in [0.4, 0.5) is 0 Å². The molecule has 0 bridgehead atoms. The average molecular weight is 344 g/mol. The van der Waals surface area contributed by atoms with Crippen molar-refractivity contribution in [2.75, 3.05) is 26.7 Å². The molecule has 2 heterocycles. The van der Waals surface area contributed by atoms with Gasteiger partial charge in [0.15, 0.2) is 0 Å². The van der Waals surface area contributed by atoms with Gasteiger partial charge in [0.1, 0.15) is 0 Å². The van der Waals surface area contributed by atoms with Crippen molar-refractivity contribution in [3.8, 4) is 0 Å². The average Bonchev–Trinajstić information content (AvgIpc) is 3.20. The topological polar surface area (TPSA) is 66.9 Å². The van der Waals surface area contributed by atoms with Crippen LogP contribution in [0.25, 0.3) is 0 Å². The third kappa shape index (κ3) is 3.74. The summed E-state index contributed by atoms with van der Waals surface area (Å²) < 4.78 is 5.28. The second-order valence-corrected chi connectivity index (χ2v) is 6.60. The van der Waals surface area contributed by atoms with Gasteiger partial charge in [0.25, 0.3) is 11.8 Å². The number of imide groups is 1. The summed E-state index contributed by atoms with van der Waals surface area (Å²) >= 11 is 0. The number of hydrogen-bond acceptors (Lipinski definition) is 4. The Morgan fingerprint density at radius 2 is 1.80 bits per heavy atom. The lowest BCUT2D eigenvalue weighted by molar-refractivity contribution is -0.130. The maximum atomic E-state index is 12.2. The molecule has 1 aromatic carbocycles. The summed E-state index contributed by atoms with van der Waals surface area (Å²) in [6.07, 6.45) is 3.90. The molecule has 134 valence electrons. The first-order chi connectivity index (χ1) is 12.1. The zero-order chi connectivity index (χ0) is 17.8. The van der Waals surface area contributed by atoms with Crippen molar-refractivity contribution in [2.45, 2.75) is 38.2 Å². The number of hydrogen-bond donors (Lipinski definition) is 0. The lowest BCUT2D eigenvalue weighted by Crippen LogP contribution is -2.31. The largest absolute Gasteiger partial charge is 0.380 e. The van der Waals surface area contributed by atoms with Crippen LogP contribution in [0.1, 0.15) is 52.8 Å². The SMILES string of the molecule is COC1CCN(C(=O)CCCCCN2C(=O)c3ccccc3C2=O)C1. The van der Waals surface area contributed by atoms with E-state index in [1.165, 1.54) is 4.90 Å². The van der Waals surface area contributed by atoms with Gasteiger partial charge in [0.05, 0.1) is 17.2 Å². The number of amides is 3. The molecule has 2 aliphatic heterocycles. The molecule has 0 saturated carbocycles. The van der Waals surface area contributed by atoms with Crippen molar-refractivity contribution in [1.82, 2.24) is 9.80 Å². The van der Waals surface area contributed by atoms with Gasteiger partial charge in [-0.15, -0.1) is 0 Å². The fourth-order valence-electron chi connectivity index (χ4n) is 3.47. The van der Waals surface area contributed by atoms with Crippen LogP contribution >= 0.6 is 0 Å². The molecule has 1 aromatic rings. The molecule has 3 amide bonds. The minimum absolute atomic E-state index is 0.165. The Morgan fingerprint density at radius 3 is 2.40 bits per heavy atom. The first-order valence-corrected chi connectivity index (χ1v) is 8.87. The van der Waals surface area contributed by atoms with E-state index in [1.807, 2.05) is 4.90 Å². The molecule has 0 aliphatic carbocycles. The molecule has 2 aliphatic rings. The van der Waals surface area contributed by atoms with E-state index in [0.29, 0.717) is 30.6 Å². The lowest BCUT2D eigenvalue weighted by Gasteiger charge is -2.16. The highest BCUT2D eigenvalue weighted by Gasteiger charge is 2.34. The highest BCUT2D eigenvalue weighted by molar-refractivity contribution is 6.21. The van der Waals surface area contributed by atoms with Crippen LogP contribution in [-0.2, 0) is 9.53 Å². The van der Waals surface area contributed by atoms with E-state index in [2.05, 4.69) is 0 Å². The minimum Gasteiger partial charge on any atom is -0.380 e. The van der Waals surface area contributed by atoms with Crippen LogP contribution in [0, 0.1) is 0 Å². The summed E-state index contributed by atoms with van der Waals surface area (Å²) in [6, 6.07) is 6.92. The van der Waals surface area contributed by atoms with Gasteiger partial charge in [-0.3, -0.25) is 19.3 Å². The molecule has 25 heavy (non-hydrogen) atoms. The van der Waals surface area contributed by atoms with Gasteiger partial charge in [-0.2, -0.15) is 0 Å². The molecule has 6 heteroatoms. The van der Waals surface area contributed by atoms with E-state index in [0.717, 1.165) is 32.2 Å². The maximum Gasteiger partial charge on any atom is 0.261 e. The third-order valence-electron chi connectivity index (χ3n) is 4.98. The Hall–Kier alpha value is -2.21. The Kier molecular flexibility index (Phi) is 5.48. The van der Waals surface area contributed by atoms with Crippen molar-refractivity contribution < 1.29 is 19.1 Å². The van der Waals surface area contributed by atoms with Crippen molar-refractivity contribution in [2.24, 2.45) is 0 Å². The number of rotatable bonds is 7. The Balaban J connectivity index is 1.38. The zero-order valence-electron chi connectivity index (χ0n) is 14.6. The second kappa shape index (κ2) is 7.78. The Morgan fingerprint density at radius 1 is 1.12 bits per heavy atom. The van der Waals surface area contributed by atoms with E-state index in [9.17, 15) is 14.4 Å². The van der Waals surface area contributed by atoms with Crippen LogP contribution in [-0.4, -0.2) is 60.4 Å². The summed E-state index contributed by atoms with van der Waals surface area (Å²) in [7, 11) is 1.68. The standard InChI is InChI=1S/C19H24N2O4/c1-25-14-10-12-20(13-14)17(22)9-3-2-6-11-21-18(23)15-7-4-5-8-16(15)19(21)24/h4-5,7-8,14H,2-3,6,9-13H2,1H3. The van der Waals surface area contributed by atoms with Crippen molar-refractivity contribution in [3.63, 3.8) is 0 Å². The van der Waals surface area contributed by atoms with Gasteiger partial charge in [-0.1, -0.05) is 18.6 Å².